The van der Waals surface area contributed by atoms with Crippen LogP contribution in [0.5, 0.6) is 0 Å². The second-order valence-electron chi connectivity index (χ2n) is 5.76. The number of nitrogens with one attached hydrogen (secondary N) is 1. The molecule has 4 nitrogen and oxygen atoms in total. The maximum Gasteiger partial charge on any atom is 0.219 e. The van der Waals surface area contributed by atoms with E-state index in [0.717, 1.165) is 25.9 Å². The Bertz CT molecular complexity index is 327. The number of hydrogen-bond acceptors (Lipinski definition) is 3. The van der Waals surface area contributed by atoms with Crippen molar-refractivity contribution in [2.45, 2.75) is 45.3 Å². The zero-order valence-corrected chi connectivity index (χ0v) is 12.3. The fraction of sp³-hybridized carbons (Fsp3) is 1.00. The number of rotatable bonds is 4. The topological polar surface area (TPSA) is 49.4 Å². The van der Waals surface area contributed by atoms with Gasteiger partial charge in [0.05, 0.1) is 4.75 Å². The first-order chi connectivity index (χ1) is 7.79. The first-order valence-corrected chi connectivity index (χ1v) is 7.93. The molecule has 1 N–H and O–H groups in total. The van der Waals surface area contributed by atoms with Gasteiger partial charge in [-0.25, -0.2) is 12.7 Å². The minimum atomic E-state index is -3.18. The van der Waals surface area contributed by atoms with Crippen molar-refractivity contribution < 1.29 is 8.42 Å². The van der Waals surface area contributed by atoms with Gasteiger partial charge in [0.2, 0.25) is 10.0 Å². The molecule has 102 valence electrons. The summed E-state index contributed by atoms with van der Waals surface area (Å²) in [4.78, 5) is 0. The van der Waals surface area contributed by atoms with E-state index in [4.69, 9.17) is 0 Å². The van der Waals surface area contributed by atoms with Crippen molar-refractivity contribution in [3.8, 4) is 0 Å². The third kappa shape index (κ3) is 3.66. The molecule has 1 aliphatic heterocycles. The number of hydrogen-bond donors (Lipinski definition) is 1. The van der Waals surface area contributed by atoms with Crippen LogP contribution in [0.4, 0.5) is 0 Å². The van der Waals surface area contributed by atoms with Crippen molar-refractivity contribution in [2.75, 3.05) is 26.2 Å². The normalized spacial score (nSPS) is 19.8. The molecule has 0 bridgehead atoms. The van der Waals surface area contributed by atoms with Crippen LogP contribution in [0.1, 0.15) is 40.5 Å². The second-order valence-corrected chi connectivity index (χ2v) is 8.45. The summed E-state index contributed by atoms with van der Waals surface area (Å²) in [7, 11) is -3.18. The van der Waals surface area contributed by atoms with Crippen LogP contribution in [0.2, 0.25) is 0 Å². The van der Waals surface area contributed by atoms with E-state index in [9.17, 15) is 8.42 Å². The quantitative estimate of drug-likeness (QED) is 0.834. The second kappa shape index (κ2) is 5.67. The lowest BCUT2D eigenvalue weighted by Crippen LogP contribution is -2.46. The zero-order valence-electron chi connectivity index (χ0n) is 11.5. The zero-order chi connectivity index (χ0) is 13.1. The van der Waals surface area contributed by atoms with Gasteiger partial charge in [-0.3, -0.25) is 0 Å². The molecular formula is C12H26N2O2S. The average Bonchev–Trinajstić information content (AvgIpc) is 2.25. The largest absolute Gasteiger partial charge is 0.317 e. The molecule has 0 aromatic carbocycles. The van der Waals surface area contributed by atoms with Crippen LogP contribution in [0.25, 0.3) is 0 Å². The van der Waals surface area contributed by atoms with Crippen molar-refractivity contribution in [3.63, 3.8) is 0 Å². The van der Waals surface area contributed by atoms with E-state index in [1.54, 1.807) is 25.1 Å². The van der Waals surface area contributed by atoms with E-state index in [1.807, 2.05) is 6.92 Å². The van der Waals surface area contributed by atoms with Crippen molar-refractivity contribution in [1.82, 2.24) is 9.62 Å². The summed E-state index contributed by atoms with van der Waals surface area (Å²) in [6.45, 7) is 10.5. The molecule has 0 saturated carbocycles. The van der Waals surface area contributed by atoms with Crippen molar-refractivity contribution in [3.05, 3.63) is 0 Å². The molecule has 1 fully saturated rings. The Morgan fingerprint density at radius 1 is 1.24 bits per heavy atom. The lowest BCUT2D eigenvalue weighted by molar-refractivity contribution is 0.290. The smallest absolute Gasteiger partial charge is 0.219 e. The highest BCUT2D eigenvalue weighted by molar-refractivity contribution is 7.90. The van der Waals surface area contributed by atoms with Crippen LogP contribution in [-0.2, 0) is 10.0 Å². The van der Waals surface area contributed by atoms with Gasteiger partial charge in [0, 0.05) is 13.1 Å². The summed E-state index contributed by atoms with van der Waals surface area (Å²) in [6, 6.07) is 0. The third-order valence-electron chi connectivity index (χ3n) is 3.39. The van der Waals surface area contributed by atoms with Crippen LogP contribution in [-0.4, -0.2) is 43.6 Å². The van der Waals surface area contributed by atoms with Gasteiger partial charge < -0.3 is 5.32 Å². The van der Waals surface area contributed by atoms with E-state index < -0.39 is 14.8 Å². The summed E-state index contributed by atoms with van der Waals surface area (Å²) in [5, 5.41) is 3.31. The van der Waals surface area contributed by atoms with Gasteiger partial charge in [-0.2, -0.15) is 0 Å². The van der Waals surface area contributed by atoms with E-state index >= 15 is 0 Å². The molecule has 0 aromatic heterocycles. The average molecular weight is 262 g/mol. The molecule has 0 atom stereocenters. The molecule has 0 unspecified atom stereocenters. The van der Waals surface area contributed by atoms with E-state index in [0.29, 0.717) is 19.0 Å². The van der Waals surface area contributed by atoms with Crippen LogP contribution >= 0.6 is 0 Å². The molecule has 1 aliphatic rings. The van der Waals surface area contributed by atoms with Gasteiger partial charge in [0.1, 0.15) is 0 Å². The summed E-state index contributed by atoms with van der Waals surface area (Å²) >= 11 is 0. The molecule has 0 amide bonds. The maximum atomic E-state index is 12.4. The highest BCUT2D eigenvalue weighted by Crippen LogP contribution is 2.23. The predicted molar refractivity (Wildman–Crippen MR) is 71.5 cm³/mol. The molecule has 1 saturated heterocycles. The number of nitrogens with zero attached hydrogens (tertiary/aromatic N) is 1. The molecule has 0 aliphatic carbocycles. The maximum absolute atomic E-state index is 12.4. The van der Waals surface area contributed by atoms with Crippen LogP contribution in [0.15, 0.2) is 0 Å². The minimum absolute atomic E-state index is 0.508. The Morgan fingerprint density at radius 3 is 2.18 bits per heavy atom. The Balaban J connectivity index is 2.71. The Hall–Kier alpha value is -0.130. The lowest BCUT2D eigenvalue weighted by Gasteiger charge is -2.33. The van der Waals surface area contributed by atoms with Crippen molar-refractivity contribution in [1.29, 1.82) is 0 Å². The summed E-state index contributed by atoms with van der Waals surface area (Å²) < 4.78 is 25.7. The fourth-order valence-corrected chi connectivity index (χ4v) is 3.66. The van der Waals surface area contributed by atoms with Crippen molar-refractivity contribution in [2.24, 2.45) is 5.92 Å². The highest BCUT2D eigenvalue weighted by atomic mass is 32.2. The van der Waals surface area contributed by atoms with Crippen LogP contribution in [0.3, 0.4) is 0 Å². The molecule has 0 spiro atoms. The molecule has 0 aromatic rings. The molecule has 1 rings (SSSR count). The first-order valence-electron chi connectivity index (χ1n) is 6.49. The van der Waals surface area contributed by atoms with Gasteiger partial charge >= 0.3 is 0 Å². The SMILES string of the molecule is CCN(CC1CCNCC1)S(=O)(=O)C(C)(C)C. The number of piperidine rings is 1. The molecular weight excluding hydrogens is 236 g/mol. The molecule has 0 radical (unpaired) electrons. The Labute approximate surface area is 106 Å². The molecule has 1 heterocycles. The van der Waals surface area contributed by atoms with E-state index in [2.05, 4.69) is 5.32 Å². The Morgan fingerprint density at radius 2 is 1.76 bits per heavy atom. The van der Waals surface area contributed by atoms with Crippen molar-refractivity contribution >= 4 is 10.0 Å². The summed E-state index contributed by atoms with van der Waals surface area (Å²) in [5.74, 6) is 0.508. The molecule has 17 heavy (non-hydrogen) atoms. The Kier molecular flexibility index (Phi) is 4.98. The summed E-state index contributed by atoms with van der Waals surface area (Å²) in [5.41, 5.74) is 0. The fourth-order valence-electron chi connectivity index (χ4n) is 2.14. The van der Waals surface area contributed by atoms with Gasteiger partial charge in [0.15, 0.2) is 0 Å². The highest BCUT2D eigenvalue weighted by Gasteiger charge is 2.35. The monoisotopic (exact) mass is 262 g/mol. The van der Waals surface area contributed by atoms with Gasteiger partial charge in [0.25, 0.3) is 0 Å². The lowest BCUT2D eigenvalue weighted by atomic mass is 9.98. The predicted octanol–water partition coefficient (Wildman–Crippen LogP) is 1.44. The van der Waals surface area contributed by atoms with E-state index in [1.165, 1.54) is 0 Å². The molecule has 5 heteroatoms. The number of sulfonamides is 1. The van der Waals surface area contributed by atoms with Crippen LogP contribution in [0, 0.1) is 5.92 Å². The third-order valence-corrected chi connectivity index (χ3v) is 6.02. The van der Waals surface area contributed by atoms with Gasteiger partial charge in [-0.05, 0) is 52.6 Å². The summed E-state index contributed by atoms with van der Waals surface area (Å²) in [6.07, 6.45) is 2.16. The van der Waals surface area contributed by atoms with E-state index in [-0.39, 0.29) is 0 Å². The van der Waals surface area contributed by atoms with Gasteiger partial charge in [-0.15, -0.1) is 0 Å². The minimum Gasteiger partial charge on any atom is -0.317 e. The van der Waals surface area contributed by atoms with Gasteiger partial charge in [-0.1, -0.05) is 6.92 Å². The first kappa shape index (κ1) is 14.9. The standard InChI is InChI=1S/C12H26N2O2S/c1-5-14(17(15,16)12(2,3)4)10-11-6-8-13-9-7-11/h11,13H,5-10H2,1-4H3. The van der Waals surface area contributed by atoms with Crippen LogP contribution < -0.4 is 5.32 Å².